The molecule has 0 atom stereocenters. The van der Waals surface area contributed by atoms with Crippen molar-refractivity contribution in [2.75, 3.05) is 32.1 Å². The maximum absolute atomic E-state index is 14.0. The second kappa shape index (κ2) is 8.24. The molecule has 0 unspecified atom stereocenters. The Balaban J connectivity index is 1.96. The molecule has 0 saturated heterocycles. The molecule has 1 amide bonds. The molecular weight excluding hydrogens is 417 g/mol. The van der Waals surface area contributed by atoms with Gasteiger partial charge in [0.15, 0.2) is 5.13 Å². The van der Waals surface area contributed by atoms with Crippen LogP contribution in [0, 0.1) is 5.82 Å². The van der Waals surface area contributed by atoms with Crippen molar-refractivity contribution in [1.29, 1.82) is 0 Å². The highest BCUT2D eigenvalue weighted by atomic mass is 79.9. The number of thiazole rings is 1. The Morgan fingerprint density at radius 3 is 2.65 bits per heavy atom. The van der Waals surface area contributed by atoms with Gasteiger partial charge < -0.3 is 4.90 Å². The lowest BCUT2D eigenvalue weighted by molar-refractivity contribution is 0.0986. The number of rotatable bonds is 6. The topological polar surface area (TPSA) is 36.4 Å². The predicted octanol–water partition coefficient (Wildman–Crippen LogP) is 4.80. The molecular formula is C19H19BrFN3OS. The second-order valence-electron chi connectivity index (χ2n) is 6.21. The second-order valence-corrected chi connectivity index (χ2v) is 8.13. The zero-order valence-electron chi connectivity index (χ0n) is 14.6. The summed E-state index contributed by atoms with van der Waals surface area (Å²) in [6.07, 6.45) is 0.797. The highest BCUT2D eigenvalue weighted by Crippen LogP contribution is 2.31. The largest absolute Gasteiger partial charge is 0.309 e. The molecule has 0 fully saturated rings. The summed E-state index contributed by atoms with van der Waals surface area (Å²) < 4.78 is 15.6. The summed E-state index contributed by atoms with van der Waals surface area (Å²) in [7, 11) is 3.99. The fourth-order valence-corrected chi connectivity index (χ4v) is 4.03. The minimum Gasteiger partial charge on any atom is -0.309 e. The number of carbonyl (C=O) groups is 1. The van der Waals surface area contributed by atoms with E-state index in [-0.39, 0.29) is 11.7 Å². The van der Waals surface area contributed by atoms with Gasteiger partial charge in [-0.1, -0.05) is 39.4 Å². The van der Waals surface area contributed by atoms with Crippen LogP contribution in [0.4, 0.5) is 9.52 Å². The van der Waals surface area contributed by atoms with Crippen LogP contribution in [0.1, 0.15) is 16.8 Å². The lowest BCUT2D eigenvalue weighted by Crippen LogP contribution is -2.33. The van der Waals surface area contributed by atoms with Crippen molar-refractivity contribution in [3.8, 4) is 0 Å². The van der Waals surface area contributed by atoms with Crippen LogP contribution in [0.2, 0.25) is 0 Å². The number of amides is 1. The smallest absolute Gasteiger partial charge is 0.260 e. The molecule has 0 radical (unpaired) electrons. The minimum absolute atomic E-state index is 0.135. The van der Waals surface area contributed by atoms with Crippen LogP contribution in [-0.2, 0) is 0 Å². The number of hydrogen-bond donors (Lipinski definition) is 0. The zero-order valence-corrected chi connectivity index (χ0v) is 17.0. The standard InChI is InChI=1S/C19H19BrFN3OS/c1-23(2)10-5-11-24(18(25)13-6-3-7-14(20)12-13)19-22-17-15(21)8-4-9-16(17)26-19/h3-4,6-9,12H,5,10-11H2,1-2H3. The van der Waals surface area contributed by atoms with Gasteiger partial charge in [-0.25, -0.2) is 9.37 Å². The highest BCUT2D eigenvalue weighted by molar-refractivity contribution is 9.10. The van der Waals surface area contributed by atoms with E-state index in [9.17, 15) is 9.18 Å². The molecule has 2 aromatic carbocycles. The van der Waals surface area contributed by atoms with Crippen molar-refractivity contribution < 1.29 is 9.18 Å². The van der Waals surface area contributed by atoms with Crippen LogP contribution in [0.5, 0.6) is 0 Å². The lowest BCUT2D eigenvalue weighted by atomic mass is 10.2. The molecule has 7 heteroatoms. The number of halogens is 2. The first-order valence-corrected chi connectivity index (χ1v) is 9.84. The normalized spacial score (nSPS) is 11.3. The molecule has 1 aromatic heterocycles. The summed E-state index contributed by atoms with van der Waals surface area (Å²) in [5, 5.41) is 0.522. The molecule has 136 valence electrons. The van der Waals surface area contributed by atoms with Crippen molar-refractivity contribution in [2.24, 2.45) is 0 Å². The number of aromatic nitrogens is 1. The van der Waals surface area contributed by atoms with Gasteiger partial charge in [0.2, 0.25) is 0 Å². The average Bonchev–Trinajstić information content (AvgIpc) is 3.03. The summed E-state index contributed by atoms with van der Waals surface area (Å²) in [6.45, 7) is 1.37. The molecule has 0 bridgehead atoms. The van der Waals surface area contributed by atoms with Crippen molar-refractivity contribution in [1.82, 2.24) is 9.88 Å². The minimum atomic E-state index is -0.367. The molecule has 0 saturated carbocycles. The van der Waals surface area contributed by atoms with Crippen LogP contribution < -0.4 is 4.90 Å². The Morgan fingerprint density at radius 1 is 1.19 bits per heavy atom. The third kappa shape index (κ3) is 4.28. The van der Waals surface area contributed by atoms with E-state index < -0.39 is 0 Å². The molecule has 1 heterocycles. The number of hydrogen-bond acceptors (Lipinski definition) is 4. The zero-order chi connectivity index (χ0) is 18.7. The Hall–Kier alpha value is -1.83. The van der Waals surface area contributed by atoms with E-state index in [1.807, 2.05) is 32.3 Å². The van der Waals surface area contributed by atoms with E-state index in [0.717, 1.165) is 22.1 Å². The number of nitrogens with zero attached hydrogens (tertiary/aromatic N) is 3. The first-order chi connectivity index (χ1) is 12.5. The number of para-hydroxylation sites is 1. The molecule has 26 heavy (non-hydrogen) atoms. The number of carbonyl (C=O) groups excluding carboxylic acids is 1. The van der Waals surface area contributed by atoms with E-state index >= 15 is 0 Å². The van der Waals surface area contributed by atoms with Crippen molar-refractivity contribution in [3.63, 3.8) is 0 Å². The van der Waals surface area contributed by atoms with Gasteiger partial charge in [-0.15, -0.1) is 0 Å². The SMILES string of the molecule is CN(C)CCCN(C(=O)c1cccc(Br)c1)c1nc2c(F)cccc2s1. The van der Waals surface area contributed by atoms with Crippen LogP contribution in [0.15, 0.2) is 46.9 Å². The van der Waals surface area contributed by atoms with Gasteiger partial charge in [0.25, 0.3) is 5.91 Å². The summed E-state index contributed by atoms with van der Waals surface area (Å²) in [5.41, 5.74) is 0.885. The van der Waals surface area contributed by atoms with Gasteiger partial charge in [-0.2, -0.15) is 0 Å². The Bertz CT molecular complexity index is 928. The Morgan fingerprint density at radius 2 is 1.96 bits per heavy atom. The molecule has 0 aliphatic heterocycles. The molecule has 0 aliphatic carbocycles. The molecule has 0 aliphatic rings. The molecule has 0 N–H and O–H groups in total. The van der Waals surface area contributed by atoms with E-state index in [4.69, 9.17) is 0 Å². The third-order valence-corrected chi connectivity index (χ3v) is 5.43. The summed E-state index contributed by atoms with van der Waals surface area (Å²) in [4.78, 5) is 21.2. The Kier molecular flexibility index (Phi) is 6.01. The van der Waals surface area contributed by atoms with Gasteiger partial charge in [0.05, 0.1) is 4.70 Å². The summed E-state index contributed by atoms with van der Waals surface area (Å²) >= 11 is 4.74. The van der Waals surface area contributed by atoms with Crippen LogP contribution in [0.25, 0.3) is 10.2 Å². The van der Waals surface area contributed by atoms with Gasteiger partial charge in [0.1, 0.15) is 11.3 Å². The number of fused-ring (bicyclic) bond motifs is 1. The molecule has 0 spiro atoms. The molecule has 3 rings (SSSR count). The first kappa shape index (κ1) is 18.9. The first-order valence-electron chi connectivity index (χ1n) is 8.23. The molecule has 3 aromatic rings. The number of anilines is 1. The fourth-order valence-electron chi connectivity index (χ4n) is 2.63. The average molecular weight is 436 g/mol. The van der Waals surface area contributed by atoms with Crippen LogP contribution >= 0.6 is 27.3 Å². The van der Waals surface area contributed by atoms with E-state index in [2.05, 4.69) is 25.8 Å². The van der Waals surface area contributed by atoms with E-state index in [1.165, 1.54) is 17.4 Å². The van der Waals surface area contributed by atoms with Gasteiger partial charge in [-0.3, -0.25) is 9.69 Å². The van der Waals surface area contributed by atoms with Crippen molar-refractivity contribution >= 4 is 48.5 Å². The van der Waals surface area contributed by atoms with Crippen LogP contribution in [-0.4, -0.2) is 43.0 Å². The van der Waals surface area contributed by atoms with Crippen LogP contribution in [0.3, 0.4) is 0 Å². The van der Waals surface area contributed by atoms with Gasteiger partial charge in [-0.05, 0) is 57.4 Å². The van der Waals surface area contributed by atoms with E-state index in [0.29, 0.717) is 22.8 Å². The summed E-state index contributed by atoms with van der Waals surface area (Å²) in [5.74, 6) is -0.502. The lowest BCUT2D eigenvalue weighted by Gasteiger charge is -2.21. The molecule has 4 nitrogen and oxygen atoms in total. The van der Waals surface area contributed by atoms with Gasteiger partial charge in [0, 0.05) is 16.6 Å². The maximum atomic E-state index is 14.0. The fraction of sp³-hybridized carbons (Fsp3) is 0.263. The Labute approximate surface area is 164 Å². The summed E-state index contributed by atoms with van der Waals surface area (Å²) in [6, 6.07) is 12.1. The predicted molar refractivity (Wildman–Crippen MR) is 109 cm³/mol. The maximum Gasteiger partial charge on any atom is 0.260 e. The third-order valence-electron chi connectivity index (χ3n) is 3.89. The quantitative estimate of drug-likeness (QED) is 0.557. The van der Waals surface area contributed by atoms with Crippen molar-refractivity contribution in [3.05, 3.63) is 58.3 Å². The van der Waals surface area contributed by atoms with Gasteiger partial charge >= 0.3 is 0 Å². The monoisotopic (exact) mass is 435 g/mol. The highest BCUT2D eigenvalue weighted by Gasteiger charge is 2.22. The van der Waals surface area contributed by atoms with E-state index in [1.54, 1.807) is 23.1 Å². The van der Waals surface area contributed by atoms with Crippen molar-refractivity contribution in [2.45, 2.75) is 6.42 Å². The number of benzene rings is 2.